The number of hydrogen-bond acceptors (Lipinski definition) is 4. The number of anilines is 1. The van der Waals surface area contributed by atoms with E-state index in [1.54, 1.807) is 30.5 Å². The molecule has 0 atom stereocenters. The monoisotopic (exact) mass is 345 g/mol. The van der Waals surface area contributed by atoms with Crippen LogP contribution < -0.4 is 10.7 Å². The molecule has 1 rings (SSSR count). The Morgan fingerprint density at radius 1 is 1.04 bits per heavy atom. The average molecular weight is 345 g/mol. The van der Waals surface area contributed by atoms with Gasteiger partial charge in [0.05, 0.1) is 5.69 Å². The Kier molecular flexibility index (Phi) is 10.4. The molecule has 0 spiro atoms. The number of nitrogens with zero attached hydrogens (tertiary/aromatic N) is 1. The van der Waals surface area contributed by atoms with Gasteiger partial charge in [-0.2, -0.15) is 5.10 Å². The highest BCUT2D eigenvalue weighted by Gasteiger charge is 2.05. The molecule has 2 amide bonds. The van der Waals surface area contributed by atoms with Gasteiger partial charge >= 0.3 is 0 Å². The van der Waals surface area contributed by atoms with Gasteiger partial charge in [0.25, 0.3) is 0 Å². The Balaban J connectivity index is 2.03. The number of unbranched alkanes of at least 4 members (excludes halogenated alkanes) is 4. The Hall–Kier alpha value is -2.63. The first kappa shape index (κ1) is 20.4. The summed E-state index contributed by atoms with van der Waals surface area (Å²) < 4.78 is 0. The maximum atomic E-state index is 11.8. The SMILES string of the molecule is C=CCC/C=N/NC(=O)CCCCCCC(=O)Nc1ccccc1O. The van der Waals surface area contributed by atoms with Crippen LogP contribution in [0.3, 0.4) is 0 Å². The highest BCUT2D eigenvalue weighted by molar-refractivity contribution is 5.92. The third-order valence-corrected chi connectivity index (χ3v) is 3.52. The second-order valence-electron chi connectivity index (χ2n) is 5.69. The lowest BCUT2D eigenvalue weighted by Crippen LogP contribution is -2.16. The molecule has 6 nitrogen and oxygen atoms in total. The standard InChI is InChI=1S/C19H27N3O3/c1-2-3-10-15-20-22-19(25)14-7-5-4-6-13-18(24)21-16-11-8-9-12-17(16)23/h2,8-9,11-12,15,23H,1,3-7,10,13-14H2,(H,21,24)(H,22,25)/b20-15+. The van der Waals surface area contributed by atoms with Crippen LogP contribution in [-0.2, 0) is 9.59 Å². The van der Waals surface area contributed by atoms with Gasteiger partial charge in [-0.25, -0.2) is 5.43 Å². The number of hydrogen-bond donors (Lipinski definition) is 3. The minimum absolute atomic E-state index is 0.0639. The van der Waals surface area contributed by atoms with Crippen molar-refractivity contribution in [3.8, 4) is 5.75 Å². The average Bonchev–Trinajstić information content (AvgIpc) is 2.60. The molecule has 0 saturated heterocycles. The first-order valence-electron chi connectivity index (χ1n) is 8.62. The van der Waals surface area contributed by atoms with E-state index in [1.807, 2.05) is 0 Å². The number of carbonyl (C=O) groups is 2. The molecule has 0 fully saturated rings. The molecule has 0 saturated carbocycles. The number of phenols is 1. The molecule has 6 heteroatoms. The van der Waals surface area contributed by atoms with Crippen LogP contribution in [0.4, 0.5) is 5.69 Å². The van der Waals surface area contributed by atoms with E-state index in [9.17, 15) is 14.7 Å². The number of phenolic OH excluding ortho intramolecular Hbond substituents is 1. The van der Waals surface area contributed by atoms with Gasteiger partial charge in [-0.15, -0.1) is 6.58 Å². The van der Waals surface area contributed by atoms with Crippen molar-refractivity contribution in [1.29, 1.82) is 0 Å². The fourth-order valence-electron chi connectivity index (χ4n) is 2.15. The number of para-hydroxylation sites is 2. The number of nitrogens with one attached hydrogen (secondary N) is 2. The van der Waals surface area contributed by atoms with Crippen LogP contribution in [-0.4, -0.2) is 23.1 Å². The number of rotatable bonds is 12. The maximum absolute atomic E-state index is 11.8. The van der Waals surface area contributed by atoms with Gasteiger partial charge in [0.1, 0.15) is 5.75 Å². The van der Waals surface area contributed by atoms with E-state index >= 15 is 0 Å². The summed E-state index contributed by atoms with van der Waals surface area (Å²) in [6, 6.07) is 6.65. The summed E-state index contributed by atoms with van der Waals surface area (Å²) in [5.74, 6) is -0.144. The molecule has 3 N–H and O–H groups in total. The molecular weight excluding hydrogens is 318 g/mol. The third-order valence-electron chi connectivity index (χ3n) is 3.52. The van der Waals surface area contributed by atoms with Gasteiger partial charge in [-0.05, 0) is 37.8 Å². The number of hydrazone groups is 1. The highest BCUT2D eigenvalue weighted by atomic mass is 16.3. The molecule has 0 aliphatic carbocycles. The number of benzene rings is 1. The molecule has 0 bridgehead atoms. The van der Waals surface area contributed by atoms with E-state index < -0.39 is 0 Å². The molecule has 1 aromatic rings. The molecule has 0 heterocycles. The van der Waals surface area contributed by atoms with Crippen LogP contribution in [0, 0.1) is 0 Å². The van der Waals surface area contributed by atoms with Crippen LogP contribution in [0.2, 0.25) is 0 Å². The Bertz CT molecular complexity index is 585. The lowest BCUT2D eigenvalue weighted by molar-refractivity contribution is -0.121. The van der Waals surface area contributed by atoms with Gasteiger partial charge in [0, 0.05) is 19.1 Å². The van der Waals surface area contributed by atoms with Crippen LogP contribution in [0.15, 0.2) is 42.0 Å². The van der Waals surface area contributed by atoms with E-state index in [4.69, 9.17) is 0 Å². The van der Waals surface area contributed by atoms with E-state index in [0.29, 0.717) is 18.5 Å². The molecule has 136 valence electrons. The molecule has 0 unspecified atom stereocenters. The minimum atomic E-state index is -0.117. The Morgan fingerprint density at radius 3 is 2.40 bits per heavy atom. The number of amides is 2. The van der Waals surface area contributed by atoms with Crippen LogP contribution >= 0.6 is 0 Å². The summed E-state index contributed by atoms with van der Waals surface area (Å²) in [5.41, 5.74) is 2.92. The zero-order valence-corrected chi connectivity index (χ0v) is 14.5. The molecule has 0 aliphatic rings. The zero-order chi connectivity index (χ0) is 18.3. The van der Waals surface area contributed by atoms with Gasteiger partial charge in [0.15, 0.2) is 0 Å². The summed E-state index contributed by atoms with van der Waals surface area (Å²) in [4.78, 5) is 23.3. The summed E-state index contributed by atoms with van der Waals surface area (Å²) in [6.07, 6.45) is 9.21. The fourth-order valence-corrected chi connectivity index (χ4v) is 2.15. The van der Waals surface area contributed by atoms with Crippen molar-refractivity contribution < 1.29 is 14.7 Å². The number of carbonyl (C=O) groups excluding carboxylic acids is 2. The highest BCUT2D eigenvalue weighted by Crippen LogP contribution is 2.21. The Morgan fingerprint density at radius 2 is 1.72 bits per heavy atom. The summed E-state index contributed by atoms with van der Waals surface area (Å²) in [7, 11) is 0. The largest absolute Gasteiger partial charge is 0.506 e. The fraction of sp³-hybridized carbons (Fsp3) is 0.421. The van der Waals surface area contributed by atoms with Gasteiger partial charge in [0.2, 0.25) is 11.8 Å². The van der Waals surface area contributed by atoms with Crippen LogP contribution in [0.5, 0.6) is 5.75 Å². The number of aromatic hydroxyl groups is 1. The molecule has 0 aliphatic heterocycles. The first-order chi connectivity index (χ1) is 12.1. The van der Waals surface area contributed by atoms with Gasteiger partial charge in [-0.1, -0.05) is 31.1 Å². The van der Waals surface area contributed by atoms with Crippen molar-refractivity contribution in [3.05, 3.63) is 36.9 Å². The second kappa shape index (κ2) is 12.8. The van der Waals surface area contributed by atoms with Crippen molar-refractivity contribution >= 4 is 23.7 Å². The normalized spacial score (nSPS) is 10.6. The summed E-state index contributed by atoms with van der Waals surface area (Å²) >= 11 is 0. The van der Waals surface area contributed by atoms with Crippen molar-refractivity contribution in [2.45, 2.75) is 51.4 Å². The molecule has 25 heavy (non-hydrogen) atoms. The number of allylic oxidation sites excluding steroid dienone is 1. The van der Waals surface area contributed by atoms with Crippen molar-refractivity contribution in [3.63, 3.8) is 0 Å². The van der Waals surface area contributed by atoms with E-state index in [-0.39, 0.29) is 17.6 Å². The first-order valence-corrected chi connectivity index (χ1v) is 8.62. The third kappa shape index (κ3) is 9.96. The summed E-state index contributed by atoms with van der Waals surface area (Å²) in [5, 5.41) is 16.1. The van der Waals surface area contributed by atoms with Crippen molar-refractivity contribution in [2.75, 3.05) is 5.32 Å². The quantitative estimate of drug-likeness (QED) is 0.177. The molecule has 0 radical (unpaired) electrons. The van der Waals surface area contributed by atoms with E-state index in [1.165, 1.54) is 6.07 Å². The van der Waals surface area contributed by atoms with Crippen molar-refractivity contribution in [2.24, 2.45) is 5.10 Å². The lowest BCUT2D eigenvalue weighted by atomic mass is 10.1. The smallest absolute Gasteiger partial charge is 0.240 e. The predicted molar refractivity (Wildman–Crippen MR) is 101 cm³/mol. The van der Waals surface area contributed by atoms with Crippen molar-refractivity contribution in [1.82, 2.24) is 5.43 Å². The van der Waals surface area contributed by atoms with Gasteiger partial charge in [-0.3, -0.25) is 9.59 Å². The van der Waals surface area contributed by atoms with Crippen LogP contribution in [0.1, 0.15) is 51.4 Å². The maximum Gasteiger partial charge on any atom is 0.240 e. The molecule has 0 aromatic heterocycles. The van der Waals surface area contributed by atoms with Gasteiger partial charge < -0.3 is 10.4 Å². The second-order valence-corrected chi connectivity index (χ2v) is 5.69. The lowest BCUT2D eigenvalue weighted by Gasteiger charge is -2.06. The molecule has 1 aromatic carbocycles. The predicted octanol–water partition coefficient (Wildman–Crippen LogP) is 3.74. The van der Waals surface area contributed by atoms with E-state index in [2.05, 4.69) is 22.4 Å². The topological polar surface area (TPSA) is 90.8 Å². The Labute approximate surface area is 149 Å². The van der Waals surface area contributed by atoms with Crippen LogP contribution in [0.25, 0.3) is 0 Å². The van der Waals surface area contributed by atoms with E-state index in [0.717, 1.165) is 38.5 Å². The molecular formula is C19H27N3O3. The summed E-state index contributed by atoms with van der Waals surface area (Å²) in [6.45, 7) is 3.61. The zero-order valence-electron chi connectivity index (χ0n) is 14.5. The minimum Gasteiger partial charge on any atom is -0.506 e.